The number of fused-ring (bicyclic) bond motifs is 2. The van der Waals surface area contributed by atoms with Crippen LogP contribution in [0.4, 0.5) is 0 Å². The van der Waals surface area contributed by atoms with E-state index >= 15 is 0 Å². The molecule has 0 aliphatic carbocycles. The molecular weight excluding hydrogens is 376 g/mol. The van der Waals surface area contributed by atoms with Crippen LogP contribution in [-0.4, -0.2) is 54.3 Å². The Morgan fingerprint density at radius 3 is 3.07 bits per heavy atom. The summed E-state index contributed by atoms with van der Waals surface area (Å²) in [5.74, 6) is 1.86. The molecular formula is C19H20N6O2S. The number of carbonyl (C=O) groups is 1. The largest absolute Gasteiger partial charge is 0.334 e. The van der Waals surface area contributed by atoms with Gasteiger partial charge in [0.25, 0.3) is 11.5 Å². The molecule has 3 aromatic rings. The number of benzene rings is 1. The van der Waals surface area contributed by atoms with Gasteiger partial charge in [0.05, 0.1) is 18.3 Å². The summed E-state index contributed by atoms with van der Waals surface area (Å²) in [6.07, 6.45) is 2.70. The molecule has 28 heavy (non-hydrogen) atoms. The fraction of sp³-hybridized carbons (Fsp3) is 0.421. The monoisotopic (exact) mass is 396 g/mol. The Morgan fingerprint density at radius 2 is 2.14 bits per heavy atom. The third kappa shape index (κ3) is 3.09. The van der Waals surface area contributed by atoms with Gasteiger partial charge in [0.15, 0.2) is 0 Å². The molecule has 144 valence electrons. The minimum atomic E-state index is -0.0791. The van der Waals surface area contributed by atoms with E-state index in [4.69, 9.17) is 0 Å². The molecule has 0 spiro atoms. The molecule has 0 saturated carbocycles. The molecule has 2 aliphatic heterocycles. The van der Waals surface area contributed by atoms with Crippen molar-refractivity contribution in [2.75, 3.05) is 12.3 Å². The van der Waals surface area contributed by atoms with Gasteiger partial charge in [-0.15, -0.1) is 0 Å². The summed E-state index contributed by atoms with van der Waals surface area (Å²) >= 11 is 1.84. The topological polar surface area (TPSA) is 96.8 Å². The first-order valence-electron chi connectivity index (χ1n) is 9.48. The average Bonchev–Trinajstić information content (AvgIpc) is 3.36. The number of H-pyrrole nitrogens is 1. The first-order valence-corrected chi connectivity index (χ1v) is 10.6. The molecule has 1 N–H and O–H groups in total. The van der Waals surface area contributed by atoms with Crippen molar-refractivity contribution in [2.45, 2.75) is 37.6 Å². The van der Waals surface area contributed by atoms with Crippen molar-refractivity contribution < 1.29 is 4.79 Å². The Hall–Kier alpha value is -2.68. The van der Waals surface area contributed by atoms with Crippen molar-refractivity contribution in [1.29, 1.82) is 0 Å². The van der Waals surface area contributed by atoms with E-state index in [1.807, 2.05) is 16.7 Å². The molecule has 1 fully saturated rings. The van der Waals surface area contributed by atoms with Crippen LogP contribution >= 0.6 is 11.8 Å². The Morgan fingerprint density at radius 1 is 1.25 bits per heavy atom. The Balaban J connectivity index is 1.39. The minimum absolute atomic E-state index is 0.0262. The van der Waals surface area contributed by atoms with Crippen molar-refractivity contribution in [2.24, 2.45) is 0 Å². The lowest BCUT2D eigenvalue weighted by molar-refractivity contribution is 0.0720. The molecule has 2 aliphatic rings. The quantitative estimate of drug-likeness (QED) is 0.722. The van der Waals surface area contributed by atoms with Crippen LogP contribution < -0.4 is 5.56 Å². The molecule has 1 amide bonds. The molecule has 9 heteroatoms. The Bertz CT molecular complexity index is 1110. The first kappa shape index (κ1) is 17.4. The third-order valence-corrected chi connectivity index (χ3v) is 6.50. The van der Waals surface area contributed by atoms with Crippen LogP contribution in [0, 0.1) is 0 Å². The maximum absolute atomic E-state index is 13.1. The number of nitrogens with zero attached hydrogens (tertiary/aromatic N) is 5. The molecule has 5 rings (SSSR count). The van der Waals surface area contributed by atoms with E-state index in [0.29, 0.717) is 24.2 Å². The molecule has 1 aromatic carbocycles. The van der Waals surface area contributed by atoms with Gasteiger partial charge in [-0.3, -0.25) is 9.59 Å². The number of aromatic amines is 1. The average molecular weight is 396 g/mol. The highest BCUT2D eigenvalue weighted by Gasteiger charge is 2.30. The van der Waals surface area contributed by atoms with E-state index in [1.165, 1.54) is 0 Å². The second-order valence-corrected chi connectivity index (χ2v) is 8.37. The fourth-order valence-electron chi connectivity index (χ4n) is 4.01. The van der Waals surface area contributed by atoms with E-state index in [1.54, 1.807) is 28.9 Å². The predicted octanol–water partition coefficient (Wildman–Crippen LogP) is 1.61. The van der Waals surface area contributed by atoms with Crippen LogP contribution in [0.2, 0.25) is 0 Å². The van der Waals surface area contributed by atoms with Crippen molar-refractivity contribution in [1.82, 2.24) is 30.1 Å². The van der Waals surface area contributed by atoms with Crippen LogP contribution in [0.25, 0.3) is 11.0 Å². The van der Waals surface area contributed by atoms with Crippen molar-refractivity contribution in [3.05, 3.63) is 51.4 Å². The van der Waals surface area contributed by atoms with Gasteiger partial charge in [-0.1, -0.05) is 0 Å². The fourth-order valence-corrected chi connectivity index (χ4v) is 4.97. The van der Waals surface area contributed by atoms with Crippen molar-refractivity contribution >= 4 is 28.7 Å². The summed E-state index contributed by atoms with van der Waals surface area (Å²) in [6, 6.07) is 7.03. The summed E-state index contributed by atoms with van der Waals surface area (Å²) in [7, 11) is 0. The molecule has 2 aromatic heterocycles. The lowest BCUT2D eigenvalue weighted by Crippen LogP contribution is -2.41. The number of nitrogens with one attached hydrogen (secondary N) is 1. The van der Waals surface area contributed by atoms with Crippen LogP contribution in [0.15, 0.2) is 29.1 Å². The molecule has 1 unspecified atom stereocenters. The summed E-state index contributed by atoms with van der Waals surface area (Å²) in [5.41, 5.74) is 3.99. The first-order chi connectivity index (χ1) is 13.7. The van der Waals surface area contributed by atoms with Crippen LogP contribution in [-0.2, 0) is 18.7 Å². The second kappa shape index (κ2) is 7.05. The lowest BCUT2D eigenvalue weighted by atomic mass is 10.1. The van der Waals surface area contributed by atoms with Gasteiger partial charge >= 0.3 is 0 Å². The number of thioether (sulfide) groups is 1. The number of amides is 1. The zero-order chi connectivity index (χ0) is 19.1. The van der Waals surface area contributed by atoms with Gasteiger partial charge in [0.1, 0.15) is 11.0 Å². The lowest BCUT2D eigenvalue weighted by Gasteiger charge is -2.25. The number of hydrogen-bond acceptors (Lipinski definition) is 6. The van der Waals surface area contributed by atoms with E-state index in [-0.39, 0.29) is 17.5 Å². The zero-order valence-corrected chi connectivity index (χ0v) is 16.1. The van der Waals surface area contributed by atoms with E-state index in [0.717, 1.165) is 47.5 Å². The molecule has 0 bridgehead atoms. The molecule has 8 nitrogen and oxygen atoms in total. The standard InChI is InChI=1S/C19H20N6O2S/c26-18-9-13-11-28-7-5-15(13)22-25(18)10-14-2-1-6-24(14)19(27)12-3-4-16-17(8-12)21-23-20-16/h3-4,8-9,14H,1-2,5-7,10-11H2,(H,20,21,23). The number of hydrogen-bond donors (Lipinski definition) is 1. The summed E-state index contributed by atoms with van der Waals surface area (Å²) in [4.78, 5) is 27.5. The zero-order valence-electron chi connectivity index (χ0n) is 15.3. The number of rotatable bonds is 3. The van der Waals surface area contributed by atoms with Crippen LogP contribution in [0.5, 0.6) is 0 Å². The molecule has 1 saturated heterocycles. The number of aryl methyl sites for hydroxylation is 1. The van der Waals surface area contributed by atoms with Gasteiger partial charge in [0, 0.05) is 30.3 Å². The van der Waals surface area contributed by atoms with Gasteiger partial charge in [-0.05, 0) is 42.4 Å². The molecule has 4 heterocycles. The maximum atomic E-state index is 13.1. The number of carbonyl (C=O) groups excluding carboxylic acids is 1. The summed E-state index contributed by atoms with van der Waals surface area (Å²) in [6.45, 7) is 1.13. The third-order valence-electron chi connectivity index (χ3n) is 5.49. The Kier molecular flexibility index (Phi) is 4.38. The maximum Gasteiger partial charge on any atom is 0.267 e. The normalized spacial score (nSPS) is 19.1. The highest BCUT2D eigenvalue weighted by molar-refractivity contribution is 7.98. The van der Waals surface area contributed by atoms with Crippen molar-refractivity contribution in [3.63, 3.8) is 0 Å². The Labute approximate surface area is 165 Å². The van der Waals surface area contributed by atoms with Crippen molar-refractivity contribution in [3.8, 4) is 0 Å². The second-order valence-electron chi connectivity index (χ2n) is 7.26. The number of aromatic nitrogens is 5. The van der Waals surface area contributed by atoms with Gasteiger partial charge in [0.2, 0.25) is 0 Å². The van der Waals surface area contributed by atoms with Gasteiger partial charge in [-0.2, -0.15) is 32.3 Å². The summed E-state index contributed by atoms with van der Waals surface area (Å²) in [5, 5.41) is 15.3. The van der Waals surface area contributed by atoms with Gasteiger partial charge < -0.3 is 4.90 Å². The molecule has 0 radical (unpaired) electrons. The van der Waals surface area contributed by atoms with E-state index in [9.17, 15) is 9.59 Å². The smallest absolute Gasteiger partial charge is 0.267 e. The SMILES string of the molecule is O=C(c1ccc2n[nH]nc2c1)N1CCCC1Cn1nc2c(cc1=O)CSCC2. The minimum Gasteiger partial charge on any atom is -0.334 e. The number of likely N-dealkylation sites (tertiary alicyclic amines) is 1. The van der Waals surface area contributed by atoms with Gasteiger partial charge in [-0.25, -0.2) is 4.68 Å². The van der Waals surface area contributed by atoms with Crippen LogP contribution in [0.3, 0.4) is 0 Å². The predicted molar refractivity (Wildman–Crippen MR) is 106 cm³/mol. The van der Waals surface area contributed by atoms with E-state index < -0.39 is 0 Å². The highest BCUT2D eigenvalue weighted by atomic mass is 32.2. The molecule has 1 atom stereocenters. The highest BCUT2D eigenvalue weighted by Crippen LogP contribution is 2.24. The summed E-state index contributed by atoms with van der Waals surface area (Å²) < 4.78 is 1.55. The van der Waals surface area contributed by atoms with Crippen LogP contribution in [0.1, 0.15) is 34.5 Å². The van der Waals surface area contributed by atoms with E-state index in [2.05, 4.69) is 20.5 Å².